The molecule has 0 saturated heterocycles. The van der Waals surface area contributed by atoms with E-state index in [4.69, 9.17) is 65.4 Å². The van der Waals surface area contributed by atoms with E-state index in [2.05, 4.69) is 126 Å². The number of amides is 4. The van der Waals surface area contributed by atoms with E-state index in [1.165, 1.54) is 22.3 Å². The van der Waals surface area contributed by atoms with Crippen LogP contribution in [-0.4, -0.2) is 151 Å². The van der Waals surface area contributed by atoms with E-state index in [9.17, 15) is 9.59 Å². The molecule has 6 aromatic rings. The fraction of sp³-hybridized carbons (Fsp3) is 0.400. The van der Waals surface area contributed by atoms with Gasteiger partial charge in [-0.05, 0) is 131 Å². The number of benzene rings is 4. The van der Waals surface area contributed by atoms with E-state index < -0.39 is 0 Å². The lowest BCUT2D eigenvalue weighted by Crippen LogP contribution is -2.39. The number of pyridine rings is 2. The summed E-state index contributed by atoms with van der Waals surface area (Å²) in [5.74, 6) is 1.84. The molecule has 16 nitrogen and oxygen atoms in total. The van der Waals surface area contributed by atoms with Gasteiger partial charge in [-0.25, -0.2) is 19.6 Å². The van der Waals surface area contributed by atoms with E-state index in [0.717, 1.165) is 71.2 Å². The van der Waals surface area contributed by atoms with Crippen LogP contribution in [0.4, 0.5) is 21.2 Å². The summed E-state index contributed by atoms with van der Waals surface area (Å²) in [6.45, 7) is 9.60. The average molecular weight is 1350 g/mol. The number of aromatic nitrogens is 2. The van der Waals surface area contributed by atoms with Crippen LogP contribution >= 0.6 is 108 Å². The van der Waals surface area contributed by atoms with Crippen molar-refractivity contribution in [3.63, 3.8) is 0 Å². The van der Waals surface area contributed by atoms with Crippen LogP contribution in [0.2, 0.25) is 20.1 Å². The number of likely N-dealkylation sites (N-methyl/N-ethyl adjacent to an activating group) is 2. The number of hydrogen-bond acceptors (Lipinski definition) is 12. The zero-order valence-corrected chi connectivity index (χ0v) is 54.6. The molecule has 0 radical (unpaired) electrons. The van der Waals surface area contributed by atoms with Crippen molar-refractivity contribution in [3.8, 4) is 22.3 Å². The quantitative estimate of drug-likeness (QED) is 0.0246. The van der Waals surface area contributed by atoms with Crippen molar-refractivity contribution >= 4 is 132 Å². The van der Waals surface area contributed by atoms with Crippen LogP contribution in [0.15, 0.2) is 109 Å². The highest BCUT2D eigenvalue weighted by molar-refractivity contribution is 6.35. The Morgan fingerprint density at radius 1 is 0.471 bits per heavy atom. The van der Waals surface area contributed by atoms with Crippen molar-refractivity contribution in [1.82, 2.24) is 41.0 Å². The van der Waals surface area contributed by atoms with Gasteiger partial charge in [-0.1, -0.05) is 94.9 Å². The monoisotopic (exact) mass is 1350 g/mol. The second-order valence-electron chi connectivity index (χ2n) is 19.9. The standard InChI is InChI=1S/C60H72Cl4N10O6.5ClH/c1-73-37-51(49-33-47(61)35-55(63)53(49)39-73)45-9-5-7-41(29-45)43-11-15-65-57(31-43)67-17-21-77-25-27-79-23-19-71-59(75)69-13-3-4-14-70-60(76)72-20-24-80-28-26-78-22-18-68-58-32-44(12-16-66-58)42-8-6-10-46(30-42)52-38-74(2)40-54-50(52)34-48(62)36-56(54)64;;;;;/h5-12,15-16,29-36,51-52H,3-4,13-14,17-28,37-40H2,1-2H3,(H,65,67)(H,66,68)(H2,69,71,75)(H2,70,72,76);5*1H/t51-,52-;;;;;/m0...../s1. The van der Waals surface area contributed by atoms with Gasteiger partial charge in [0.05, 0.1) is 52.9 Å². The molecule has 4 heterocycles. The van der Waals surface area contributed by atoms with E-state index in [1.54, 1.807) is 0 Å². The van der Waals surface area contributed by atoms with Crippen molar-refractivity contribution in [3.05, 3.63) is 163 Å². The predicted molar refractivity (Wildman–Crippen MR) is 357 cm³/mol. The molecule has 0 aliphatic carbocycles. The molecule has 0 bridgehead atoms. The molecule has 2 aliphatic rings. The van der Waals surface area contributed by atoms with Gasteiger partial charge in [0.25, 0.3) is 0 Å². The Morgan fingerprint density at radius 2 is 0.835 bits per heavy atom. The molecule has 2 atom stereocenters. The van der Waals surface area contributed by atoms with Crippen LogP contribution in [0.3, 0.4) is 0 Å². The lowest BCUT2D eigenvalue weighted by atomic mass is 9.84. The number of anilines is 2. The maximum absolute atomic E-state index is 12.2. The molecule has 6 N–H and O–H groups in total. The Balaban J connectivity index is 0.00000378. The number of carbonyl (C=O) groups excluding carboxylic acids is 2. The van der Waals surface area contributed by atoms with Gasteiger partial charge in [0, 0.05) is 110 Å². The third-order valence-corrected chi connectivity index (χ3v) is 14.9. The molecule has 0 unspecified atom stereocenters. The molecule has 2 aromatic heterocycles. The first kappa shape index (κ1) is 74.9. The highest BCUT2D eigenvalue weighted by atomic mass is 35.5. The summed E-state index contributed by atoms with van der Waals surface area (Å²) in [6.07, 6.45) is 5.04. The number of nitrogens with one attached hydrogen (secondary N) is 6. The number of urea groups is 2. The van der Waals surface area contributed by atoms with Crippen molar-refractivity contribution in [2.75, 3.05) is 130 Å². The fourth-order valence-electron chi connectivity index (χ4n) is 9.94. The lowest BCUT2D eigenvalue weighted by molar-refractivity contribution is 0.0533. The summed E-state index contributed by atoms with van der Waals surface area (Å²) >= 11 is 26.1. The topological polar surface area (TPSA) is 176 Å². The minimum Gasteiger partial charge on any atom is -0.377 e. The molecule has 85 heavy (non-hydrogen) atoms. The van der Waals surface area contributed by atoms with Crippen LogP contribution in [0.1, 0.15) is 58.1 Å². The molecular weight excluding hydrogens is 1280 g/mol. The number of hydrogen-bond donors (Lipinski definition) is 6. The third kappa shape index (κ3) is 23.6. The summed E-state index contributed by atoms with van der Waals surface area (Å²) < 4.78 is 22.7. The highest BCUT2D eigenvalue weighted by Gasteiger charge is 2.29. The van der Waals surface area contributed by atoms with E-state index in [0.29, 0.717) is 125 Å². The van der Waals surface area contributed by atoms with Crippen molar-refractivity contribution in [2.24, 2.45) is 0 Å². The first-order chi connectivity index (χ1) is 39.0. The van der Waals surface area contributed by atoms with Gasteiger partial charge >= 0.3 is 12.1 Å². The summed E-state index contributed by atoms with van der Waals surface area (Å²) in [4.78, 5) is 38.0. The van der Waals surface area contributed by atoms with Gasteiger partial charge in [0.1, 0.15) is 11.6 Å². The SMILES string of the molecule is CN1Cc2c(Cl)cc(Cl)cc2[C@H](c2cccc(-c3ccnc(NCCOCCOCCNC(=O)NCCCCNC(=O)NCCOCCOCCNc4cc(-c5cccc([C@@H]6CN(C)Cc7c(Cl)cc(Cl)cc76)c5)ccn4)c3)c2)C1.Cl.Cl.Cl.Cl.Cl. The van der Waals surface area contributed by atoms with E-state index in [-0.39, 0.29) is 85.9 Å². The summed E-state index contributed by atoms with van der Waals surface area (Å²) in [5.41, 5.74) is 11.4. The Morgan fingerprint density at radius 3 is 1.24 bits per heavy atom. The van der Waals surface area contributed by atoms with Crippen LogP contribution in [0.25, 0.3) is 22.3 Å². The molecule has 2 aliphatic heterocycles. The molecule has 4 amide bonds. The minimum atomic E-state index is -0.265. The van der Waals surface area contributed by atoms with Gasteiger partial charge < -0.3 is 60.6 Å². The van der Waals surface area contributed by atoms with Crippen LogP contribution in [0.5, 0.6) is 0 Å². The first-order valence-electron chi connectivity index (χ1n) is 27.2. The smallest absolute Gasteiger partial charge is 0.314 e. The lowest BCUT2D eigenvalue weighted by Gasteiger charge is -2.33. The van der Waals surface area contributed by atoms with Crippen LogP contribution < -0.4 is 31.9 Å². The number of unbranched alkanes of at least 4 members (excludes halogenated alkanes) is 1. The van der Waals surface area contributed by atoms with Crippen molar-refractivity contribution < 1.29 is 28.5 Å². The number of nitrogens with zero attached hydrogens (tertiary/aromatic N) is 4. The van der Waals surface area contributed by atoms with Gasteiger partial charge in [-0.15, -0.1) is 62.0 Å². The van der Waals surface area contributed by atoms with Gasteiger partial charge in [-0.3, -0.25) is 0 Å². The molecule has 8 rings (SSSR count). The van der Waals surface area contributed by atoms with Gasteiger partial charge in [0.2, 0.25) is 0 Å². The van der Waals surface area contributed by atoms with Gasteiger partial charge in [0.15, 0.2) is 0 Å². The Labute approximate surface area is 550 Å². The zero-order valence-electron chi connectivity index (χ0n) is 47.5. The fourth-order valence-corrected chi connectivity index (χ4v) is 11.1. The maximum atomic E-state index is 12.2. The molecule has 466 valence electrons. The molecule has 0 spiro atoms. The number of fused-ring (bicyclic) bond motifs is 2. The maximum Gasteiger partial charge on any atom is 0.314 e. The van der Waals surface area contributed by atoms with Crippen molar-refractivity contribution in [1.29, 1.82) is 0 Å². The van der Waals surface area contributed by atoms with Gasteiger partial charge in [-0.2, -0.15) is 0 Å². The normalized spacial score (nSPS) is 14.3. The second-order valence-corrected chi connectivity index (χ2v) is 21.6. The van der Waals surface area contributed by atoms with E-state index in [1.807, 2.05) is 48.8 Å². The Bertz CT molecular complexity index is 2800. The average Bonchev–Trinajstić information content (AvgIpc) is 3.27. The molecular formula is C60H77Cl9N10O6. The molecule has 25 heteroatoms. The molecule has 0 fully saturated rings. The number of rotatable bonds is 29. The predicted octanol–water partition coefficient (Wildman–Crippen LogP) is 12.7. The molecule has 0 saturated carbocycles. The summed E-state index contributed by atoms with van der Waals surface area (Å²) in [6, 6.07) is 32.6. The summed E-state index contributed by atoms with van der Waals surface area (Å²) in [5, 5.41) is 20.7. The molecule has 4 aromatic carbocycles. The van der Waals surface area contributed by atoms with Crippen molar-refractivity contribution in [2.45, 2.75) is 37.8 Å². The Kier molecular flexibility index (Phi) is 34.9. The minimum absolute atomic E-state index is 0. The number of ether oxygens (including phenoxy) is 4. The Hall–Kier alpha value is -4.31. The second kappa shape index (κ2) is 39.6. The highest BCUT2D eigenvalue weighted by Crippen LogP contribution is 2.41. The number of halogens is 9. The largest absolute Gasteiger partial charge is 0.377 e. The van der Waals surface area contributed by atoms with Crippen LogP contribution in [0, 0.1) is 0 Å². The first-order valence-corrected chi connectivity index (χ1v) is 28.8. The number of carbonyl (C=O) groups is 2. The zero-order chi connectivity index (χ0) is 56.1. The van der Waals surface area contributed by atoms with E-state index >= 15 is 0 Å². The van der Waals surface area contributed by atoms with Crippen LogP contribution in [-0.2, 0) is 32.0 Å². The summed E-state index contributed by atoms with van der Waals surface area (Å²) in [7, 11) is 4.23. The third-order valence-electron chi connectivity index (χ3n) is 13.8.